The molecule has 7 rings (SSSR count). The van der Waals surface area contributed by atoms with Crippen LogP contribution >= 0.6 is 15.3 Å². The highest BCUT2D eigenvalue weighted by Crippen LogP contribution is 2.45. The SMILES string of the molecule is CCOC(=O)CNP(=O)(NCC(=O)OCC)OC[C@H]1O[C@@H](n2cnc3c(NC4CC4)nc(C)nc32)C(C)(O)[C@H]1O.CCOC(=O)CNP(=O)(NCC(=O)OCC)OC[C@H]1O[C@@H](n2cnc3c(OC)nc(C)nc32)C(C)(O)[C@H]1O. The number of aliphatic hydroxyl groups excluding tert-OH is 2. The first-order valence-electron chi connectivity index (χ1n) is 24.9. The first kappa shape index (κ1) is 61.8. The van der Waals surface area contributed by atoms with Gasteiger partial charge in [0.2, 0.25) is 5.88 Å². The molecule has 1 aliphatic carbocycles. The van der Waals surface area contributed by atoms with Gasteiger partial charge in [-0.25, -0.2) is 45.3 Å². The molecule has 0 amide bonds. The van der Waals surface area contributed by atoms with Crippen molar-refractivity contribution in [2.45, 2.75) is 122 Å². The highest BCUT2D eigenvalue weighted by molar-refractivity contribution is 7.55. The second-order valence-corrected chi connectivity index (χ2v) is 22.1. The van der Waals surface area contributed by atoms with Crippen molar-refractivity contribution in [3.05, 3.63) is 24.3 Å². The molecule has 4 aromatic heterocycles. The number of aryl methyl sites for hydroxylation is 2. The van der Waals surface area contributed by atoms with E-state index < -0.39 is 127 Å². The van der Waals surface area contributed by atoms with Gasteiger partial charge in [0, 0.05) is 6.04 Å². The van der Waals surface area contributed by atoms with Crippen molar-refractivity contribution >= 4 is 67.4 Å². The van der Waals surface area contributed by atoms with Gasteiger partial charge in [-0.05, 0) is 68.2 Å². The Balaban J connectivity index is 0.000000253. The lowest BCUT2D eigenvalue weighted by Crippen LogP contribution is -2.44. The predicted octanol–water partition coefficient (Wildman–Crippen LogP) is -0.269. The average molecular weight is 1150 g/mol. The standard InChI is InChI=1S/C23H36N7O9P.C21H33N6O10P/c1-5-36-16(31)9-25-40(35,26-10-17(32)37-6-2)38-11-15-19(33)23(4,34)22(39-15)30-12-24-18-20(29-14-7-8-14)27-13(3)28-21(18)30;1-6-34-14(28)8-23-38(32,24-9-15(29)35-7-2)36-10-13-17(30)21(4,31)20(37-13)27-11-22-16-18(27)25-12(3)26-19(16)33-5/h12,14-15,19,22,33-34H,5-11H2,1-4H3,(H2,25,26,35)(H,27,28,29);11,13,17,20,30-31H,6-10H2,1-5H3,(H2,23,24,32)/t15-,19+,22-,23?;13-,17+,20-,21?/m11/s1. The molecule has 2 unspecified atom stereocenters. The molecule has 32 nitrogen and oxygen atoms in total. The second-order valence-electron chi connectivity index (χ2n) is 18.1. The fourth-order valence-corrected chi connectivity index (χ4v) is 10.6. The molecule has 78 heavy (non-hydrogen) atoms. The summed E-state index contributed by atoms with van der Waals surface area (Å²) in [5.41, 5.74) is -2.18. The fraction of sp³-hybridized carbons (Fsp3) is 0.682. The molecule has 1 saturated carbocycles. The van der Waals surface area contributed by atoms with Crippen LogP contribution in [0.25, 0.3) is 22.3 Å². The number of fused-ring (bicyclic) bond motifs is 2. The molecular weight excluding hydrogens is 1080 g/mol. The number of rotatable bonds is 27. The van der Waals surface area contributed by atoms with Crippen LogP contribution in [-0.2, 0) is 65.8 Å². The van der Waals surface area contributed by atoms with Gasteiger partial charge in [-0.3, -0.25) is 37.4 Å². The molecule has 0 radical (unpaired) electrons. The largest absolute Gasteiger partial charge is 0.479 e. The molecule has 2 aliphatic heterocycles. The minimum atomic E-state index is -4.06. The summed E-state index contributed by atoms with van der Waals surface area (Å²) in [5, 5.41) is 57.2. The number of imidazole rings is 2. The van der Waals surface area contributed by atoms with E-state index in [1.54, 1.807) is 41.5 Å². The smallest absolute Gasteiger partial charge is 0.341 e. The van der Waals surface area contributed by atoms with E-state index in [2.05, 4.69) is 55.6 Å². The van der Waals surface area contributed by atoms with Crippen LogP contribution in [0.2, 0.25) is 0 Å². The Morgan fingerprint density at radius 2 is 1.01 bits per heavy atom. The van der Waals surface area contributed by atoms with Crippen LogP contribution in [0.1, 0.15) is 78.5 Å². The zero-order valence-electron chi connectivity index (χ0n) is 44.6. The number of nitrogens with one attached hydrogen (secondary N) is 5. The van der Waals surface area contributed by atoms with E-state index >= 15 is 0 Å². The zero-order valence-corrected chi connectivity index (χ0v) is 46.4. The van der Waals surface area contributed by atoms with Crippen molar-refractivity contribution in [1.29, 1.82) is 0 Å². The van der Waals surface area contributed by atoms with Gasteiger partial charge >= 0.3 is 39.2 Å². The predicted molar refractivity (Wildman–Crippen MR) is 270 cm³/mol. The van der Waals surface area contributed by atoms with E-state index in [0.717, 1.165) is 12.8 Å². The summed E-state index contributed by atoms with van der Waals surface area (Å²) in [6.07, 6.45) is -2.76. The molecular formula is C44H69N13O19P2. The Labute approximate surface area is 447 Å². The maximum atomic E-state index is 13.4. The third-order valence-corrected chi connectivity index (χ3v) is 15.3. The van der Waals surface area contributed by atoms with Gasteiger partial charge in [-0.1, -0.05) is 0 Å². The van der Waals surface area contributed by atoms with Crippen molar-refractivity contribution in [1.82, 2.24) is 59.4 Å². The van der Waals surface area contributed by atoms with Crippen LogP contribution in [0, 0.1) is 13.8 Å². The molecule has 6 heterocycles. The molecule has 0 bridgehead atoms. The van der Waals surface area contributed by atoms with E-state index in [9.17, 15) is 48.7 Å². The number of aliphatic hydroxyl groups is 4. The second kappa shape index (κ2) is 26.7. The summed E-state index contributed by atoms with van der Waals surface area (Å²) in [5.74, 6) is -1.11. The maximum absolute atomic E-state index is 13.4. The quantitative estimate of drug-likeness (QED) is 0.0211. The fourth-order valence-electron chi connectivity index (χ4n) is 7.96. The Morgan fingerprint density at radius 3 is 1.38 bits per heavy atom. The lowest BCUT2D eigenvalue weighted by Gasteiger charge is -2.27. The monoisotopic (exact) mass is 1150 g/mol. The number of hydrogen-bond donors (Lipinski definition) is 9. The average Bonchev–Trinajstić information content (AvgIpc) is 3.90. The van der Waals surface area contributed by atoms with Gasteiger partial charge in [-0.15, -0.1) is 0 Å². The number of carbonyl (C=O) groups is 4. The lowest BCUT2D eigenvalue weighted by atomic mass is 9.96. The van der Waals surface area contributed by atoms with Gasteiger partial charge in [0.15, 0.2) is 40.6 Å². The van der Waals surface area contributed by atoms with E-state index in [4.69, 9.17) is 42.2 Å². The lowest BCUT2D eigenvalue weighted by molar-refractivity contribution is -0.142. The van der Waals surface area contributed by atoms with E-state index in [1.807, 2.05) is 0 Å². The van der Waals surface area contributed by atoms with Gasteiger partial charge < -0.3 is 67.9 Å². The third-order valence-electron chi connectivity index (χ3n) is 11.9. The normalized spacial score (nSPS) is 24.2. The van der Waals surface area contributed by atoms with E-state index in [1.165, 1.54) is 42.7 Å². The van der Waals surface area contributed by atoms with Crippen LogP contribution in [-0.4, -0.2) is 198 Å². The summed E-state index contributed by atoms with van der Waals surface area (Å²) in [4.78, 5) is 73.3. The number of aromatic nitrogens is 8. The van der Waals surface area contributed by atoms with Gasteiger partial charge in [0.25, 0.3) is 0 Å². The minimum absolute atomic E-state index is 0.111. The first-order chi connectivity index (χ1) is 36.9. The molecule has 0 spiro atoms. The molecule has 34 heteroatoms. The number of esters is 4. The number of nitrogens with zero attached hydrogens (tertiary/aromatic N) is 8. The molecule has 3 aliphatic rings. The summed E-state index contributed by atoms with van der Waals surface area (Å²) >= 11 is 0. The topological polar surface area (TPSA) is 414 Å². The number of carbonyl (C=O) groups excluding carboxylic acids is 4. The maximum Gasteiger partial charge on any atom is 0.341 e. The number of hydrogen-bond acceptors (Lipinski definition) is 26. The summed E-state index contributed by atoms with van der Waals surface area (Å²) in [7, 11) is -6.69. The number of anilines is 1. The Hall–Kier alpha value is -5.44. The third kappa shape index (κ3) is 15.3. The van der Waals surface area contributed by atoms with Crippen molar-refractivity contribution in [2.75, 3.05) is 78.2 Å². The van der Waals surface area contributed by atoms with Crippen molar-refractivity contribution in [2.24, 2.45) is 0 Å². The molecule has 4 aromatic rings. The number of ether oxygens (including phenoxy) is 7. The molecule has 8 atom stereocenters. The molecule has 3 fully saturated rings. The zero-order chi connectivity index (χ0) is 57.2. The van der Waals surface area contributed by atoms with Crippen LogP contribution in [0.5, 0.6) is 5.88 Å². The van der Waals surface area contributed by atoms with Crippen molar-refractivity contribution in [3.63, 3.8) is 0 Å². The highest BCUT2D eigenvalue weighted by atomic mass is 31.2. The molecule has 0 aromatic carbocycles. The Kier molecular flexibility index (Phi) is 21.1. The molecule has 9 N–H and O–H groups in total. The minimum Gasteiger partial charge on any atom is -0.479 e. The summed E-state index contributed by atoms with van der Waals surface area (Å²) in [6.45, 7) is 10.1. The van der Waals surface area contributed by atoms with E-state index in [0.29, 0.717) is 45.8 Å². The highest BCUT2D eigenvalue weighted by Gasteiger charge is 2.55. The number of methoxy groups -OCH3 is 1. The van der Waals surface area contributed by atoms with Gasteiger partial charge in [-0.2, -0.15) is 4.98 Å². The van der Waals surface area contributed by atoms with Crippen molar-refractivity contribution in [3.8, 4) is 5.88 Å². The van der Waals surface area contributed by atoms with Gasteiger partial charge in [0.05, 0.1) is 59.4 Å². The van der Waals surface area contributed by atoms with Gasteiger partial charge in [0.1, 0.15) is 73.4 Å². The van der Waals surface area contributed by atoms with Crippen molar-refractivity contribution < 1.29 is 90.9 Å². The first-order valence-corrected chi connectivity index (χ1v) is 28.1. The summed E-state index contributed by atoms with van der Waals surface area (Å²) < 4.78 is 77.2. The molecule has 434 valence electrons. The Morgan fingerprint density at radius 1 is 0.641 bits per heavy atom. The van der Waals surface area contributed by atoms with Crippen LogP contribution in [0.15, 0.2) is 12.7 Å². The molecule has 2 saturated heterocycles. The van der Waals surface area contributed by atoms with E-state index in [-0.39, 0.29) is 32.3 Å². The Bertz CT molecular complexity index is 2780. The van der Waals surface area contributed by atoms with Crippen LogP contribution < -0.4 is 30.4 Å². The van der Waals surface area contributed by atoms with Crippen LogP contribution in [0.3, 0.4) is 0 Å². The summed E-state index contributed by atoms with van der Waals surface area (Å²) in [6, 6.07) is 0.322. The van der Waals surface area contributed by atoms with Crippen LogP contribution in [0.4, 0.5) is 5.82 Å².